The summed E-state index contributed by atoms with van der Waals surface area (Å²) in [4.78, 5) is 0. The summed E-state index contributed by atoms with van der Waals surface area (Å²) in [6.07, 6.45) is 0. The molecule has 2 N–H and O–H groups in total. The normalized spacial score (nSPS) is 10.5. The van der Waals surface area contributed by atoms with Crippen molar-refractivity contribution in [2.75, 3.05) is 36.9 Å². The zero-order valence-electron chi connectivity index (χ0n) is 14.8. The Morgan fingerprint density at radius 3 is 1.62 bits per heavy atom. The molecule has 0 aliphatic rings. The maximum Gasteiger partial charge on any atom is 0.119 e. The molecule has 0 aliphatic carbocycles. The molecule has 4 nitrogen and oxygen atoms in total. The summed E-state index contributed by atoms with van der Waals surface area (Å²) in [5.74, 6) is 2.36. The van der Waals surface area contributed by atoms with Crippen molar-refractivity contribution >= 4 is 11.4 Å². The lowest BCUT2D eigenvalue weighted by molar-refractivity contribution is 0.271. The molecule has 2 rings (SSSR count). The van der Waals surface area contributed by atoms with Gasteiger partial charge in [-0.1, -0.05) is 13.8 Å². The number of rotatable bonds is 10. The predicted octanol–water partition coefficient (Wildman–Crippen LogP) is 4.64. The Balaban J connectivity index is 1.68. The molecule has 24 heavy (non-hydrogen) atoms. The van der Waals surface area contributed by atoms with Gasteiger partial charge in [-0.2, -0.15) is 0 Å². The van der Waals surface area contributed by atoms with Gasteiger partial charge in [0, 0.05) is 24.5 Å². The lowest BCUT2D eigenvalue weighted by Gasteiger charge is -2.11. The molecule has 0 saturated carbocycles. The summed E-state index contributed by atoms with van der Waals surface area (Å²) >= 11 is 0. The Bertz CT molecular complexity index is 580. The highest BCUT2D eigenvalue weighted by atomic mass is 16.5. The van der Waals surface area contributed by atoms with Crippen LogP contribution in [0.3, 0.4) is 0 Å². The van der Waals surface area contributed by atoms with Crippen molar-refractivity contribution in [3.05, 3.63) is 48.5 Å². The molecular formula is C20H28N2O2. The van der Waals surface area contributed by atoms with Gasteiger partial charge < -0.3 is 20.1 Å². The number of hydrogen-bond acceptors (Lipinski definition) is 4. The zero-order valence-corrected chi connectivity index (χ0v) is 14.8. The average molecular weight is 328 g/mol. The molecule has 130 valence electrons. The standard InChI is InChI=1S/C20H28N2O2/c1-4-23-19-9-5-17(6-10-19)21-13-14-22-18-7-11-20(12-8-18)24-15-16(2)3/h5-12,16,21-22H,4,13-15H2,1-3H3. The van der Waals surface area contributed by atoms with E-state index in [-0.39, 0.29) is 0 Å². The van der Waals surface area contributed by atoms with Crippen LogP contribution in [-0.2, 0) is 0 Å². The van der Waals surface area contributed by atoms with Gasteiger partial charge in [0.25, 0.3) is 0 Å². The third-order valence-electron chi connectivity index (χ3n) is 3.39. The minimum Gasteiger partial charge on any atom is -0.494 e. The van der Waals surface area contributed by atoms with Crippen LogP contribution in [-0.4, -0.2) is 26.3 Å². The van der Waals surface area contributed by atoms with Crippen molar-refractivity contribution in [2.45, 2.75) is 20.8 Å². The van der Waals surface area contributed by atoms with Crippen molar-refractivity contribution < 1.29 is 9.47 Å². The van der Waals surface area contributed by atoms with Gasteiger partial charge in [0.05, 0.1) is 13.2 Å². The summed E-state index contributed by atoms with van der Waals surface area (Å²) in [5.41, 5.74) is 2.19. The number of ether oxygens (including phenoxy) is 2. The second-order valence-electron chi connectivity index (χ2n) is 6.04. The second-order valence-corrected chi connectivity index (χ2v) is 6.04. The fourth-order valence-corrected chi connectivity index (χ4v) is 2.18. The number of benzene rings is 2. The summed E-state index contributed by atoms with van der Waals surface area (Å²) in [7, 11) is 0. The maximum atomic E-state index is 5.68. The first-order valence-corrected chi connectivity index (χ1v) is 8.61. The Hall–Kier alpha value is -2.36. The van der Waals surface area contributed by atoms with Crippen LogP contribution in [0.25, 0.3) is 0 Å². The van der Waals surface area contributed by atoms with E-state index in [9.17, 15) is 0 Å². The minimum atomic E-state index is 0.538. The van der Waals surface area contributed by atoms with Crippen molar-refractivity contribution in [1.29, 1.82) is 0 Å². The van der Waals surface area contributed by atoms with Gasteiger partial charge in [0.1, 0.15) is 11.5 Å². The largest absolute Gasteiger partial charge is 0.494 e. The maximum absolute atomic E-state index is 5.68. The Morgan fingerprint density at radius 2 is 1.21 bits per heavy atom. The lowest BCUT2D eigenvalue weighted by Crippen LogP contribution is -2.13. The molecule has 0 fully saturated rings. The third-order valence-corrected chi connectivity index (χ3v) is 3.39. The van der Waals surface area contributed by atoms with E-state index in [1.807, 2.05) is 55.5 Å². The van der Waals surface area contributed by atoms with Gasteiger partial charge in [0.2, 0.25) is 0 Å². The Kier molecular flexibility index (Phi) is 7.27. The monoisotopic (exact) mass is 328 g/mol. The van der Waals surface area contributed by atoms with Crippen LogP contribution in [0.15, 0.2) is 48.5 Å². The fourth-order valence-electron chi connectivity index (χ4n) is 2.18. The van der Waals surface area contributed by atoms with Crippen molar-refractivity contribution in [2.24, 2.45) is 5.92 Å². The van der Waals surface area contributed by atoms with E-state index in [1.165, 1.54) is 0 Å². The molecule has 0 heterocycles. The first-order chi connectivity index (χ1) is 11.7. The average Bonchev–Trinajstić information content (AvgIpc) is 2.59. The summed E-state index contributed by atoms with van der Waals surface area (Å²) in [6, 6.07) is 16.1. The molecule has 4 heteroatoms. The highest BCUT2D eigenvalue weighted by Gasteiger charge is 1.98. The van der Waals surface area contributed by atoms with Crippen molar-refractivity contribution in [1.82, 2.24) is 0 Å². The van der Waals surface area contributed by atoms with Crippen LogP contribution in [0, 0.1) is 5.92 Å². The van der Waals surface area contributed by atoms with E-state index in [1.54, 1.807) is 0 Å². The second kappa shape index (κ2) is 9.71. The van der Waals surface area contributed by atoms with Gasteiger partial charge >= 0.3 is 0 Å². The molecule has 0 aromatic heterocycles. The van der Waals surface area contributed by atoms with E-state index in [4.69, 9.17) is 9.47 Å². The number of nitrogens with one attached hydrogen (secondary N) is 2. The van der Waals surface area contributed by atoms with Crippen molar-refractivity contribution in [3.63, 3.8) is 0 Å². The van der Waals surface area contributed by atoms with Gasteiger partial charge in [-0.3, -0.25) is 0 Å². The topological polar surface area (TPSA) is 42.5 Å². The van der Waals surface area contributed by atoms with E-state index in [0.717, 1.165) is 42.6 Å². The molecule has 0 atom stereocenters. The molecule has 0 amide bonds. The summed E-state index contributed by atoms with van der Waals surface area (Å²) < 4.78 is 11.1. The highest BCUT2D eigenvalue weighted by Crippen LogP contribution is 2.17. The number of hydrogen-bond donors (Lipinski definition) is 2. The summed E-state index contributed by atoms with van der Waals surface area (Å²) in [5, 5.41) is 6.78. The van der Waals surface area contributed by atoms with E-state index >= 15 is 0 Å². The first kappa shape index (κ1) is 18.0. The van der Waals surface area contributed by atoms with Gasteiger partial charge in [-0.05, 0) is 61.4 Å². The van der Waals surface area contributed by atoms with Crippen LogP contribution < -0.4 is 20.1 Å². The number of anilines is 2. The van der Waals surface area contributed by atoms with Gasteiger partial charge in [0.15, 0.2) is 0 Å². The Labute approximate surface area is 145 Å². The zero-order chi connectivity index (χ0) is 17.2. The third kappa shape index (κ3) is 6.41. The van der Waals surface area contributed by atoms with Crippen LogP contribution in [0.2, 0.25) is 0 Å². The molecular weight excluding hydrogens is 300 g/mol. The first-order valence-electron chi connectivity index (χ1n) is 8.61. The molecule has 2 aromatic rings. The fraction of sp³-hybridized carbons (Fsp3) is 0.400. The molecule has 0 aliphatic heterocycles. The lowest BCUT2D eigenvalue weighted by atomic mass is 10.2. The smallest absolute Gasteiger partial charge is 0.119 e. The SMILES string of the molecule is CCOc1ccc(NCCNc2ccc(OCC(C)C)cc2)cc1. The van der Waals surface area contributed by atoms with Crippen LogP contribution in [0.5, 0.6) is 11.5 Å². The van der Waals surface area contributed by atoms with E-state index < -0.39 is 0 Å². The van der Waals surface area contributed by atoms with Crippen LogP contribution >= 0.6 is 0 Å². The predicted molar refractivity (Wildman–Crippen MR) is 101 cm³/mol. The molecule has 0 bridgehead atoms. The van der Waals surface area contributed by atoms with Crippen LogP contribution in [0.4, 0.5) is 11.4 Å². The van der Waals surface area contributed by atoms with Gasteiger partial charge in [-0.25, -0.2) is 0 Å². The van der Waals surface area contributed by atoms with E-state index in [2.05, 4.69) is 24.5 Å². The minimum absolute atomic E-state index is 0.538. The van der Waals surface area contributed by atoms with Crippen LogP contribution in [0.1, 0.15) is 20.8 Å². The molecule has 0 spiro atoms. The molecule has 0 saturated heterocycles. The molecule has 2 aromatic carbocycles. The summed E-state index contributed by atoms with van der Waals surface area (Å²) in [6.45, 7) is 9.41. The van der Waals surface area contributed by atoms with Crippen molar-refractivity contribution in [3.8, 4) is 11.5 Å². The molecule has 0 unspecified atom stereocenters. The van der Waals surface area contributed by atoms with Gasteiger partial charge in [-0.15, -0.1) is 0 Å². The highest BCUT2D eigenvalue weighted by molar-refractivity contribution is 5.48. The quantitative estimate of drug-likeness (QED) is 0.623. The Morgan fingerprint density at radius 1 is 0.750 bits per heavy atom. The van der Waals surface area contributed by atoms with E-state index in [0.29, 0.717) is 12.5 Å². The molecule has 0 radical (unpaired) electrons.